The van der Waals surface area contributed by atoms with Crippen LogP contribution in [0.2, 0.25) is 5.02 Å². The van der Waals surface area contributed by atoms with Gasteiger partial charge in [-0.25, -0.2) is 0 Å². The van der Waals surface area contributed by atoms with Crippen molar-refractivity contribution in [3.8, 4) is 0 Å². The quantitative estimate of drug-likeness (QED) is 0.627. The Morgan fingerprint density at radius 3 is 2.73 bits per heavy atom. The fourth-order valence-electron chi connectivity index (χ4n) is 1.27. The average molecular weight is 222 g/mol. The number of anilines is 1. The number of hydrogen-bond acceptors (Lipinski definition) is 3. The van der Waals surface area contributed by atoms with Crippen LogP contribution in [-0.4, -0.2) is 5.78 Å². The standard InChI is InChI=1S/C11H8ClNO2/c12-10-7(3-1-4-8(10)13)11(14)9-5-2-6-15-9/h1-6H,13H2. The molecule has 2 N–H and O–H groups in total. The number of furan rings is 1. The summed E-state index contributed by atoms with van der Waals surface area (Å²) in [4.78, 5) is 11.8. The van der Waals surface area contributed by atoms with Gasteiger partial charge in [0.15, 0.2) is 5.76 Å². The van der Waals surface area contributed by atoms with E-state index in [9.17, 15) is 4.79 Å². The third kappa shape index (κ3) is 1.74. The molecule has 0 aliphatic rings. The number of carbonyl (C=O) groups excluding carboxylic acids is 1. The molecule has 0 aliphatic carbocycles. The van der Waals surface area contributed by atoms with Gasteiger partial charge in [0.05, 0.1) is 17.0 Å². The molecule has 3 nitrogen and oxygen atoms in total. The molecule has 2 rings (SSSR count). The van der Waals surface area contributed by atoms with Crippen molar-refractivity contribution in [3.05, 3.63) is 52.9 Å². The van der Waals surface area contributed by atoms with Crippen LogP contribution in [0.15, 0.2) is 41.0 Å². The summed E-state index contributed by atoms with van der Waals surface area (Å²) < 4.78 is 5.00. The summed E-state index contributed by atoms with van der Waals surface area (Å²) in [6.45, 7) is 0. The molecule has 4 heteroatoms. The zero-order valence-electron chi connectivity index (χ0n) is 7.74. The van der Waals surface area contributed by atoms with Gasteiger partial charge in [-0.2, -0.15) is 0 Å². The molecule has 0 saturated heterocycles. The number of nitrogens with two attached hydrogens (primary N) is 1. The second-order valence-corrected chi connectivity index (χ2v) is 3.39. The highest BCUT2D eigenvalue weighted by Gasteiger charge is 2.16. The van der Waals surface area contributed by atoms with Crippen LogP contribution in [0.25, 0.3) is 0 Å². The monoisotopic (exact) mass is 221 g/mol. The van der Waals surface area contributed by atoms with Gasteiger partial charge < -0.3 is 10.2 Å². The molecule has 15 heavy (non-hydrogen) atoms. The summed E-state index contributed by atoms with van der Waals surface area (Å²) in [5, 5.41) is 0.263. The molecule has 0 fully saturated rings. The van der Waals surface area contributed by atoms with Crippen LogP contribution in [0.3, 0.4) is 0 Å². The van der Waals surface area contributed by atoms with Crippen LogP contribution in [0.5, 0.6) is 0 Å². The summed E-state index contributed by atoms with van der Waals surface area (Å²) in [5.74, 6) is -0.0141. The molecule has 0 radical (unpaired) electrons. The zero-order valence-corrected chi connectivity index (χ0v) is 8.49. The Bertz CT molecular complexity index is 491. The summed E-state index contributed by atoms with van der Waals surface area (Å²) in [5.41, 5.74) is 6.33. The van der Waals surface area contributed by atoms with Crippen LogP contribution >= 0.6 is 11.6 Å². The maximum absolute atomic E-state index is 11.8. The molecule has 0 unspecified atom stereocenters. The van der Waals surface area contributed by atoms with Gasteiger partial charge in [0, 0.05) is 5.56 Å². The van der Waals surface area contributed by atoms with Crippen molar-refractivity contribution in [2.45, 2.75) is 0 Å². The van der Waals surface area contributed by atoms with Crippen molar-refractivity contribution < 1.29 is 9.21 Å². The maximum atomic E-state index is 11.8. The van der Waals surface area contributed by atoms with Gasteiger partial charge in [-0.1, -0.05) is 17.7 Å². The van der Waals surface area contributed by atoms with Gasteiger partial charge >= 0.3 is 0 Å². The highest BCUT2D eigenvalue weighted by Crippen LogP contribution is 2.25. The first-order valence-electron chi connectivity index (χ1n) is 4.32. The smallest absolute Gasteiger partial charge is 0.229 e. The van der Waals surface area contributed by atoms with E-state index in [0.29, 0.717) is 11.3 Å². The van der Waals surface area contributed by atoms with Crippen LogP contribution in [0.4, 0.5) is 5.69 Å². The van der Waals surface area contributed by atoms with Crippen LogP contribution in [0.1, 0.15) is 16.1 Å². The molecule has 0 amide bonds. The molecule has 2 aromatic rings. The number of benzene rings is 1. The van der Waals surface area contributed by atoms with E-state index in [2.05, 4.69) is 0 Å². The first-order chi connectivity index (χ1) is 7.20. The van der Waals surface area contributed by atoms with Gasteiger partial charge in [0.1, 0.15) is 0 Å². The predicted molar refractivity (Wildman–Crippen MR) is 58.0 cm³/mol. The fraction of sp³-hybridized carbons (Fsp3) is 0. The van der Waals surface area contributed by atoms with Crippen molar-refractivity contribution >= 4 is 23.1 Å². The van der Waals surface area contributed by atoms with Crippen molar-refractivity contribution in [3.63, 3.8) is 0 Å². The molecule has 0 saturated carbocycles. The first kappa shape index (κ1) is 9.80. The molecule has 0 aliphatic heterocycles. The van der Waals surface area contributed by atoms with Crippen LogP contribution in [0, 0.1) is 0 Å². The maximum Gasteiger partial charge on any atom is 0.229 e. The number of nitrogen functional groups attached to an aromatic ring is 1. The van der Waals surface area contributed by atoms with Crippen molar-refractivity contribution in [2.75, 3.05) is 5.73 Å². The third-order valence-corrected chi connectivity index (χ3v) is 2.44. The Balaban J connectivity index is 2.47. The first-order valence-corrected chi connectivity index (χ1v) is 4.70. The molecule has 0 spiro atoms. The lowest BCUT2D eigenvalue weighted by atomic mass is 10.1. The number of carbonyl (C=O) groups is 1. The molecule has 76 valence electrons. The molecule has 1 heterocycles. The lowest BCUT2D eigenvalue weighted by molar-refractivity contribution is 0.101. The van der Waals surface area contributed by atoms with Crippen LogP contribution < -0.4 is 5.73 Å². The fourth-order valence-corrected chi connectivity index (χ4v) is 1.48. The van der Waals surface area contributed by atoms with E-state index in [1.165, 1.54) is 6.26 Å². The topological polar surface area (TPSA) is 56.2 Å². The average Bonchev–Trinajstić information content (AvgIpc) is 2.74. The minimum atomic E-state index is -0.266. The Morgan fingerprint density at radius 2 is 2.07 bits per heavy atom. The van der Waals surface area contributed by atoms with E-state index in [1.54, 1.807) is 30.3 Å². The van der Waals surface area contributed by atoms with Gasteiger partial charge in [0.2, 0.25) is 5.78 Å². The SMILES string of the molecule is Nc1cccc(C(=O)c2ccco2)c1Cl. The molecule has 1 aromatic carbocycles. The molecular weight excluding hydrogens is 214 g/mol. The summed E-state index contributed by atoms with van der Waals surface area (Å²) >= 11 is 5.92. The van der Waals surface area contributed by atoms with Gasteiger partial charge in [-0.05, 0) is 24.3 Å². The van der Waals surface area contributed by atoms with Gasteiger partial charge in [0.25, 0.3) is 0 Å². The largest absolute Gasteiger partial charge is 0.461 e. The second kappa shape index (κ2) is 3.79. The summed E-state index contributed by atoms with van der Waals surface area (Å²) in [6.07, 6.45) is 1.44. The minimum absolute atomic E-state index is 0.252. The minimum Gasteiger partial charge on any atom is -0.461 e. The lowest BCUT2D eigenvalue weighted by Gasteiger charge is -2.03. The molecule has 0 atom stereocenters. The molecular formula is C11H8ClNO2. The van der Waals surface area contributed by atoms with Crippen LogP contribution in [-0.2, 0) is 0 Å². The number of hydrogen-bond donors (Lipinski definition) is 1. The van der Waals surface area contributed by atoms with Crippen molar-refractivity contribution in [2.24, 2.45) is 0 Å². The Labute approximate surface area is 91.5 Å². The van der Waals surface area contributed by atoms with Gasteiger partial charge in [-0.3, -0.25) is 4.79 Å². The normalized spacial score (nSPS) is 10.2. The highest BCUT2D eigenvalue weighted by atomic mass is 35.5. The van der Waals surface area contributed by atoms with Crippen molar-refractivity contribution in [1.29, 1.82) is 0 Å². The predicted octanol–water partition coefficient (Wildman–Crippen LogP) is 2.75. The van der Waals surface area contributed by atoms with Crippen molar-refractivity contribution in [1.82, 2.24) is 0 Å². The van der Waals surface area contributed by atoms with E-state index in [-0.39, 0.29) is 16.6 Å². The number of ketones is 1. The Hall–Kier alpha value is -1.74. The summed E-state index contributed by atoms with van der Waals surface area (Å²) in [7, 11) is 0. The molecule has 0 bridgehead atoms. The third-order valence-electron chi connectivity index (χ3n) is 2.02. The second-order valence-electron chi connectivity index (χ2n) is 3.02. The lowest BCUT2D eigenvalue weighted by Crippen LogP contribution is -2.02. The highest BCUT2D eigenvalue weighted by molar-refractivity contribution is 6.37. The van der Waals surface area contributed by atoms with E-state index in [4.69, 9.17) is 21.8 Å². The Morgan fingerprint density at radius 1 is 1.27 bits per heavy atom. The number of rotatable bonds is 2. The zero-order chi connectivity index (χ0) is 10.8. The summed E-state index contributed by atoms with van der Waals surface area (Å²) in [6, 6.07) is 8.16. The van der Waals surface area contributed by atoms with E-state index in [1.807, 2.05) is 0 Å². The Kier molecular flexibility index (Phi) is 2.47. The molecule has 1 aromatic heterocycles. The van der Waals surface area contributed by atoms with Gasteiger partial charge in [-0.15, -0.1) is 0 Å². The number of halogens is 1. The van der Waals surface area contributed by atoms with E-state index >= 15 is 0 Å². The van der Waals surface area contributed by atoms with E-state index < -0.39 is 0 Å². The van der Waals surface area contributed by atoms with E-state index in [0.717, 1.165) is 0 Å².